The predicted molar refractivity (Wildman–Crippen MR) is 214 cm³/mol. The molecule has 10 heteroatoms. The van der Waals surface area contributed by atoms with Crippen molar-refractivity contribution >= 4 is 13.9 Å². The largest absolute Gasteiger partial charge is 0.756 e. The van der Waals surface area contributed by atoms with E-state index >= 15 is 0 Å². The van der Waals surface area contributed by atoms with Crippen molar-refractivity contribution in [3.05, 3.63) is 0 Å². The standard InChI is InChI=1S/C41H86N3O6P/c1-6-8-10-12-14-16-18-20-22-24-26-28-30-32-34-43(41(42)45)38-40(50-51(46,47)49-37-35-44(3,4)5)39-48-36-33-31-29-27-25-23-21-19-17-15-13-11-9-7-2/h40H,6-39H2,1-5H3,(H2-,42,45,46,47). The van der Waals surface area contributed by atoms with Crippen LogP contribution in [0.2, 0.25) is 0 Å². The summed E-state index contributed by atoms with van der Waals surface area (Å²) in [5.41, 5.74) is 5.73. The highest BCUT2D eigenvalue weighted by atomic mass is 31.2. The van der Waals surface area contributed by atoms with Gasteiger partial charge in [0.2, 0.25) is 0 Å². The summed E-state index contributed by atoms with van der Waals surface area (Å²) in [7, 11) is 1.31. The van der Waals surface area contributed by atoms with Crippen LogP contribution in [0.4, 0.5) is 4.79 Å². The summed E-state index contributed by atoms with van der Waals surface area (Å²) in [6.07, 6.45) is 34.7. The number of hydrogen-bond acceptors (Lipinski definition) is 6. The molecule has 0 saturated heterocycles. The summed E-state index contributed by atoms with van der Waals surface area (Å²) >= 11 is 0. The number of urea groups is 1. The zero-order valence-corrected chi connectivity index (χ0v) is 35.4. The summed E-state index contributed by atoms with van der Waals surface area (Å²) < 4.78 is 29.8. The lowest BCUT2D eigenvalue weighted by molar-refractivity contribution is -0.870. The van der Waals surface area contributed by atoms with Gasteiger partial charge in [-0.2, -0.15) is 0 Å². The Morgan fingerprint density at radius 3 is 1.37 bits per heavy atom. The van der Waals surface area contributed by atoms with Crippen LogP contribution in [-0.4, -0.2) is 82.1 Å². The number of phosphoric ester groups is 1. The van der Waals surface area contributed by atoms with Gasteiger partial charge in [0.25, 0.3) is 7.82 Å². The van der Waals surface area contributed by atoms with Crippen LogP contribution in [0.15, 0.2) is 0 Å². The third kappa shape index (κ3) is 37.4. The van der Waals surface area contributed by atoms with Gasteiger partial charge in [-0.05, 0) is 12.8 Å². The van der Waals surface area contributed by atoms with Crippen LogP contribution in [-0.2, 0) is 18.3 Å². The molecule has 2 atom stereocenters. The van der Waals surface area contributed by atoms with Gasteiger partial charge in [0.05, 0.1) is 34.3 Å². The van der Waals surface area contributed by atoms with Crippen LogP contribution in [0, 0.1) is 0 Å². The molecule has 51 heavy (non-hydrogen) atoms. The lowest BCUT2D eigenvalue weighted by Crippen LogP contribution is -2.44. The first-order valence-electron chi connectivity index (χ1n) is 21.6. The number of likely N-dealkylation sites (N-methyl/N-ethyl adjacent to an activating group) is 1. The van der Waals surface area contributed by atoms with Gasteiger partial charge in [-0.3, -0.25) is 4.57 Å². The molecule has 0 rings (SSSR count). The van der Waals surface area contributed by atoms with Crippen molar-refractivity contribution in [2.75, 3.05) is 60.6 Å². The molecule has 0 bridgehead atoms. The molecule has 9 nitrogen and oxygen atoms in total. The summed E-state index contributed by atoms with van der Waals surface area (Å²) in [4.78, 5) is 26.6. The van der Waals surface area contributed by atoms with E-state index in [-0.39, 0.29) is 19.8 Å². The third-order valence-corrected chi connectivity index (χ3v) is 10.8. The SMILES string of the molecule is CCCCCCCCCCCCCCCCOCC(CN(CCCCCCCCCCCCCCCC)C(N)=O)OP(=O)([O-])OCC[N+](C)(C)C. The number of nitrogens with two attached hydrogens (primary N) is 1. The molecular weight excluding hydrogens is 661 g/mol. The molecule has 0 aliphatic rings. The number of carbonyl (C=O) groups is 1. The number of quaternary nitrogens is 1. The molecule has 0 saturated carbocycles. The van der Waals surface area contributed by atoms with E-state index in [9.17, 15) is 14.3 Å². The molecule has 0 aliphatic carbocycles. The highest BCUT2D eigenvalue weighted by Gasteiger charge is 2.24. The Labute approximate surface area is 316 Å². The summed E-state index contributed by atoms with van der Waals surface area (Å²) in [6, 6.07) is -0.572. The van der Waals surface area contributed by atoms with Crippen molar-refractivity contribution in [1.82, 2.24) is 4.90 Å². The van der Waals surface area contributed by atoms with Crippen molar-refractivity contribution < 1.29 is 32.5 Å². The van der Waals surface area contributed by atoms with Crippen LogP contribution in [0.3, 0.4) is 0 Å². The first-order valence-corrected chi connectivity index (χ1v) is 23.0. The second kappa shape index (κ2) is 35.0. The number of nitrogens with zero attached hydrogens (tertiary/aromatic N) is 2. The molecule has 0 fully saturated rings. The minimum absolute atomic E-state index is 0.0233. The number of primary amides is 1. The third-order valence-electron chi connectivity index (χ3n) is 9.75. The second-order valence-corrected chi connectivity index (χ2v) is 17.4. The van der Waals surface area contributed by atoms with Crippen molar-refractivity contribution in [3.63, 3.8) is 0 Å². The molecule has 0 aromatic heterocycles. The summed E-state index contributed by atoms with van der Waals surface area (Å²) in [5, 5.41) is 0. The highest BCUT2D eigenvalue weighted by molar-refractivity contribution is 7.45. The van der Waals surface area contributed by atoms with Crippen LogP contribution < -0.4 is 10.6 Å². The van der Waals surface area contributed by atoms with Crippen LogP contribution >= 0.6 is 7.82 Å². The van der Waals surface area contributed by atoms with Gasteiger partial charge < -0.3 is 33.8 Å². The monoisotopic (exact) mass is 748 g/mol. The molecule has 2 N–H and O–H groups in total. The van der Waals surface area contributed by atoms with E-state index in [0.717, 1.165) is 32.1 Å². The number of phosphoric acid groups is 1. The van der Waals surface area contributed by atoms with E-state index in [4.69, 9.17) is 19.5 Å². The van der Waals surface area contributed by atoms with E-state index in [0.29, 0.717) is 24.2 Å². The topological polar surface area (TPSA) is 114 Å². The lowest BCUT2D eigenvalue weighted by atomic mass is 10.0. The fraction of sp³-hybridized carbons (Fsp3) is 0.976. The molecule has 0 radical (unpaired) electrons. The Morgan fingerprint density at radius 2 is 1.00 bits per heavy atom. The number of unbranched alkanes of at least 4 members (excludes halogenated alkanes) is 26. The zero-order valence-electron chi connectivity index (χ0n) is 34.5. The maximum Gasteiger partial charge on any atom is 0.314 e. The number of amides is 2. The van der Waals surface area contributed by atoms with E-state index < -0.39 is 20.0 Å². The van der Waals surface area contributed by atoms with E-state index in [1.165, 1.54) is 153 Å². The molecule has 306 valence electrons. The average Bonchev–Trinajstić information content (AvgIpc) is 3.06. The van der Waals surface area contributed by atoms with Gasteiger partial charge in [0.1, 0.15) is 19.3 Å². The van der Waals surface area contributed by atoms with Crippen molar-refractivity contribution in [3.8, 4) is 0 Å². The van der Waals surface area contributed by atoms with Crippen LogP contribution in [0.1, 0.15) is 194 Å². The Hall–Kier alpha value is -0.700. The van der Waals surface area contributed by atoms with Gasteiger partial charge >= 0.3 is 6.03 Å². The molecular formula is C41H86N3O6P. The smallest absolute Gasteiger partial charge is 0.314 e. The minimum atomic E-state index is -4.59. The highest BCUT2D eigenvalue weighted by Crippen LogP contribution is 2.40. The minimum Gasteiger partial charge on any atom is -0.756 e. The number of carbonyl (C=O) groups excluding carboxylic acids is 1. The molecule has 0 aliphatic heterocycles. The predicted octanol–water partition coefficient (Wildman–Crippen LogP) is 10.9. The Kier molecular flexibility index (Phi) is 34.5. The second-order valence-electron chi connectivity index (χ2n) is 16.1. The first kappa shape index (κ1) is 50.3. The lowest BCUT2D eigenvalue weighted by Gasteiger charge is -2.32. The summed E-state index contributed by atoms with van der Waals surface area (Å²) in [6.45, 7) is 6.18. The fourth-order valence-corrected chi connectivity index (χ4v) is 7.26. The molecule has 0 spiro atoms. The molecule has 2 amide bonds. The summed E-state index contributed by atoms with van der Waals surface area (Å²) in [5.74, 6) is 0. The number of rotatable bonds is 40. The van der Waals surface area contributed by atoms with Gasteiger partial charge in [0.15, 0.2) is 0 Å². The van der Waals surface area contributed by atoms with Gasteiger partial charge in [-0.15, -0.1) is 0 Å². The number of hydrogen-bond donors (Lipinski definition) is 1. The van der Waals surface area contributed by atoms with Crippen molar-refractivity contribution in [1.29, 1.82) is 0 Å². The zero-order chi connectivity index (χ0) is 37.9. The Balaban J connectivity index is 4.44. The van der Waals surface area contributed by atoms with Crippen molar-refractivity contribution in [2.45, 2.75) is 200 Å². The average molecular weight is 748 g/mol. The molecule has 0 aromatic carbocycles. The molecule has 0 aromatic rings. The molecule has 0 heterocycles. The van der Waals surface area contributed by atoms with E-state index in [2.05, 4.69) is 13.8 Å². The van der Waals surface area contributed by atoms with E-state index in [1.54, 1.807) is 0 Å². The van der Waals surface area contributed by atoms with Crippen molar-refractivity contribution in [2.24, 2.45) is 5.73 Å². The fourth-order valence-electron chi connectivity index (χ4n) is 6.40. The first-order chi connectivity index (χ1) is 24.5. The van der Waals surface area contributed by atoms with Crippen LogP contribution in [0.5, 0.6) is 0 Å². The van der Waals surface area contributed by atoms with Gasteiger partial charge in [-0.1, -0.05) is 181 Å². The van der Waals surface area contributed by atoms with Gasteiger partial charge in [0, 0.05) is 13.2 Å². The maximum absolute atomic E-state index is 12.7. The quantitative estimate of drug-likeness (QED) is 0.0379. The normalized spacial score (nSPS) is 13.8. The van der Waals surface area contributed by atoms with Gasteiger partial charge in [-0.25, -0.2) is 4.79 Å². The Bertz CT molecular complexity index is 813. The van der Waals surface area contributed by atoms with E-state index in [1.807, 2.05) is 21.1 Å². The van der Waals surface area contributed by atoms with Crippen LogP contribution in [0.25, 0.3) is 0 Å². The maximum atomic E-state index is 12.7. The molecule has 2 unspecified atom stereocenters. The number of ether oxygens (including phenoxy) is 1. The Morgan fingerprint density at radius 1 is 0.627 bits per heavy atom.